The highest BCUT2D eigenvalue weighted by molar-refractivity contribution is 5.75. The van der Waals surface area contributed by atoms with Crippen molar-refractivity contribution in [2.24, 2.45) is 0 Å². The summed E-state index contributed by atoms with van der Waals surface area (Å²) in [6, 6.07) is 4.20. The van der Waals surface area contributed by atoms with Gasteiger partial charge < -0.3 is 5.32 Å². The second kappa shape index (κ2) is 10.1. The van der Waals surface area contributed by atoms with Crippen LogP contribution in [0.25, 0.3) is 5.57 Å². The fourth-order valence-corrected chi connectivity index (χ4v) is 3.66. The number of unbranched alkanes of at least 4 members (excludes halogenated alkanes) is 7. The van der Waals surface area contributed by atoms with Gasteiger partial charge in [-0.15, -0.1) is 0 Å². The molecule has 4 heteroatoms. The maximum Gasteiger partial charge on any atom is 0.416 e. The summed E-state index contributed by atoms with van der Waals surface area (Å²) >= 11 is 0. The van der Waals surface area contributed by atoms with E-state index in [-0.39, 0.29) is 6.04 Å². The Balaban J connectivity index is 1.81. The average Bonchev–Trinajstić information content (AvgIpc) is 2.97. The number of hydrogen-bond donors (Lipinski definition) is 1. The normalized spacial score (nSPS) is 16.7. The van der Waals surface area contributed by atoms with Gasteiger partial charge in [-0.1, -0.05) is 70.9 Å². The molecule has 0 spiro atoms. The molecule has 0 aliphatic heterocycles. The highest BCUT2D eigenvalue weighted by atomic mass is 19.4. The summed E-state index contributed by atoms with van der Waals surface area (Å²) in [6.45, 7) is 5.14. The molecule has 1 atom stereocenters. The SMILES string of the molecule is CCCCCCCCCCNC1C=C(CC)c2cc(C(F)(F)F)ccc21. The van der Waals surface area contributed by atoms with Crippen molar-refractivity contribution in [1.29, 1.82) is 0 Å². The lowest BCUT2D eigenvalue weighted by molar-refractivity contribution is -0.137. The van der Waals surface area contributed by atoms with Gasteiger partial charge in [0.1, 0.15) is 0 Å². The number of rotatable bonds is 11. The van der Waals surface area contributed by atoms with Gasteiger partial charge in [-0.25, -0.2) is 0 Å². The molecule has 1 aliphatic carbocycles. The summed E-state index contributed by atoms with van der Waals surface area (Å²) in [7, 11) is 0. The maximum atomic E-state index is 13.0. The van der Waals surface area contributed by atoms with Crippen LogP contribution in [0, 0.1) is 0 Å². The molecule has 0 saturated carbocycles. The number of alkyl halides is 3. The minimum atomic E-state index is -4.28. The van der Waals surface area contributed by atoms with Crippen molar-refractivity contribution < 1.29 is 13.2 Å². The van der Waals surface area contributed by atoms with E-state index in [4.69, 9.17) is 0 Å². The number of benzene rings is 1. The van der Waals surface area contributed by atoms with Crippen molar-refractivity contribution in [3.05, 3.63) is 41.0 Å². The van der Waals surface area contributed by atoms with Crippen molar-refractivity contribution in [3.8, 4) is 0 Å². The molecule has 1 unspecified atom stereocenters. The number of halogens is 3. The van der Waals surface area contributed by atoms with Crippen LogP contribution in [0.15, 0.2) is 24.3 Å². The van der Waals surface area contributed by atoms with E-state index in [1.165, 1.54) is 57.1 Å². The molecule has 0 saturated heterocycles. The van der Waals surface area contributed by atoms with Gasteiger partial charge in [0.05, 0.1) is 11.6 Å². The summed E-state index contributed by atoms with van der Waals surface area (Å²) in [5.41, 5.74) is 2.20. The van der Waals surface area contributed by atoms with Gasteiger partial charge in [-0.05, 0) is 48.2 Å². The topological polar surface area (TPSA) is 12.0 Å². The predicted octanol–water partition coefficient (Wildman–Crippen LogP) is 7.28. The standard InChI is InChI=1S/C22H32F3N/c1-3-5-6-7-8-9-10-11-14-26-21-15-17(4-2)20-16-18(22(23,24)25)12-13-19(20)21/h12-13,15-16,21,26H,3-11,14H2,1-2H3. The van der Waals surface area contributed by atoms with Gasteiger partial charge in [0.25, 0.3) is 0 Å². The van der Waals surface area contributed by atoms with Gasteiger partial charge in [0.2, 0.25) is 0 Å². The van der Waals surface area contributed by atoms with Gasteiger partial charge in [-0.2, -0.15) is 13.2 Å². The van der Waals surface area contributed by atoms with Crippen LogP contribution in [0.4, 0.5) is 13.2 Å². The third kappa shape index (κ3) is 5.87. The third-order valence-corrected chi connectivity index (χ3v) is 5.20. The van der Waals surface area contributed by atoms with Crippen LogP contribution in [-0.2, 0) is 6.18 Å². The zero-order chi connectivity index (χ0) is 19.0. The molecule has 1 aromatic rings. The lowest BCUT2D eigenvalue weighted by atomic mass is 9.99. The average molecular weight is 367 g/mol. The van der Waals surface area contributed by atoms with Crippen LogP contribution in [0.2, 0.25) is 0 Å². The van der Waals surface area contributed by atoms with E-state index in [9.17, 15) is 13.2 Å². The Morgan fingerprint density at radius 3 is 2.19 bits per heavy atom. The Kier molecular flexibility index (Phi) is 8.20. The van der Waals surface area contributed by atoms with Gasteiger partial charge in [0, 0.05) is 0 Å². The number of allylic oxidation sites excluding steroid dienone is 1. The molecule has 0 bridgehead atoms. The Labute approximate surface area is 156 Å². The molecule has 146 valence electrons. The Hall–Kier alpha value is -1.29. The first-order chi connectivity index (χ1) is 12.5. The highest BCUT2D eigenvalue weighted by Crippen LogP contribution is 2.40. The first kappa shape index (κ1) is 21.0. The Morgan fingerprint density at radius 2 is 1.58 bits per heavy atom. The van der Waals surface area contributed by atoms with E-state index in [2.05, 4.69) is 18.3 Å². The van der Waals surface area contributed by atoms with Crippen molar-refractivity contribution >= 4 is 5.57 Å². The molecular formula is C22H32F3N. The molecule has 2 rings (SSSR count). The lowest BCUT2D eigenvalue weighted by Crippen LogP contribution is -2.20. The predicted molar refractivity (Wildman–Crippen MR) is 103 cm³/mol. The highest BCUT2D eigenvalue weighted by Gasteiger charge is 2.33. The van der Waals surface area contributed by atoms with Crippen LogP contribution in [0.3, 0.4) is 0 Å². The minimum Gasteiger partial charge on any atom is -0.307 e. The smallest absolute Gasteiger partial charge is 0.307 e. The Bertz CT molecular complexity index is 590. The summed E-state index contributed by atoms with van der Waals surface area (Å²) < 4.78 is 38.9. The largest absolute Gasteiger partial charge is 0.416 e. The van der Waals surface area contributed by atoms with Crippen LogP contribution >= 0.6 is 0 Å². The first-order valence-corrected chi connectivity index (χ1v) is 10.1. The molecule has 0 fully saturated rings. The molecule has 0 heterocycles. The van der Waals surface area contributed by atoms with Gasteiger partial charge >= 0.3 is 6.18 Å². The second-order valence-corrected chi connectivity index (χ2v) is 7.25. The maximum absolute atomic E-state index is 13.0. The summed E-state index contributed by atoms with van der Waals surface area (Å²) in [4.78, 5) is 0. The molecule has 0 amide bonds. The van der Waals surface area contributed by atoms with Crippen LogP contribution in [-0.4, -0.2) is 6.54 Å². The first-order valence-electron chi connectivity index (χ1n) is 10.1. The van der Waals surface area contributed by atoms with E-state index < -0.39 is 11.7 Å². The van der Waals surface area contributed by atoms with Crippen molar-refractivity contribution in [1.82, 2.24) is 5.32 Å². The minimum absolute atomic E-state index is 0.0480. The zero-order valence-electron chi connectivity index (χ0n) is 16.1. The molecule has 1 aliphatic rings. The van der Waals surface area contributed by atoms with Gasteiger partial charge in [-0.3, -0.25) is 0 Å². The van der Waals surface area contributed by atoms with Crippen molar-refractivity contribution in [2.45, 2.75) is 83.9 Å². The quantitative estimate of drug-likeness (QED) is 0.405. The third-order valence-electron chi connectivity index (χ3n) is 5.20. The summed E-state index contributed by atoms with van der Waals surface area (Å²) in [5, 5.41) is 3.51. The number of hydrogen-bond acceptors (Lipinski definition) is 1. The van der Waals surface area contributed by atoms with E-state index in [0.717, 1.165) is 36.1 Å². The number of fused-ring (bicyclic) bond motifs is 1. The zero-order valence-corrected chi connectivity index (χ0v) is 16.1. The summed E-state index contributed by atoms with van der Waals surface area (Å²) in [6.07, 6.45) is 8.79. The van der Waals surface area contributed by atoms with Crippen LogP contribution < -0.4 is 5.32 Å². The van der Waals surface area contributed by atoms with E-state index in [1.807, 2.05) is 6.92 Å². The van der Waals surface area contributed by atoms with Crippen molar-refractivity contribution in [3.63, 3.8) is 0 Å². The molecule has 0 radical (unpaired) electrons. The van der Waals surface area contributed by atoms with Crippen molar-refractivity contribution in [2.75, 3.05) is 6.54 Å². The fourth-order valence-electron chi connectivity index (χ4n) is 3.66. The van der Waals surface area contributed by atoms with E-state index in [0.29, 0.717) is 0 Å². The van der Waals surface area contributed by atoms with E-state index >= 15 is 0 Å². The molecular weight excluding hydrogens is 335 g/mol. The van der Waals surface area contributed by atoms with Crippen LogP contribution in [0.5, 0.6) is 0 Å². The molecule has 26 heavy (non-hydrogen) atoms. The number of nitrogens with one attached hydrogen (secondary N) is 1. The molecule has 1 aromatic carbocycles. The molecule has 0 aromatic heterocycles. The second-order valence-electron chi connectivity index (χ2n) is 7.25. The lowest BCUT2D eigenvalue weighted by Gasteiger charge is -2.15. The monoisotopic (exact) mass is 367 g/mol. The van der Waals surface area contributed by atoms with Gasteiger partial charge in [0.15, 0.2) is 0 Å². The Morgan fingerprint density at radius 1 is 0.923 bits per heavy atom. The summed E-state index contributed by atoms with van der Waals surface area (Å²) in [5.74, 6) is 0. The molecule has 1 nitrogen and oxygen atoms in total. The molecule has 1 N–H and O–H groups in total. The van der Waals surface area contributed by atoms with E-state index in [1.54, 1.807) is 6.07 Å². The van der Waals surface area contributed by atoms with Crippen LogP contribution in [0.1, 0.15) is 94.4 Å². The fraction of sp³-hybridized carbons (Fsp3) is 0.636.